The largest absolute Gasteiger partial charge is 0.399 e. The standard InChI is InChI=1S/C11H11N5O2S/c12-6-8-5-9(13)1-2-11(8)19(17,18)15-7-10-3-4-14-16-10/h1-5,15H,7,13H2,(H,14,16). The molecule has 98 valence electrons. The Bertz CT molecular complexity index is 716. The Morgan fingerprint density at radius 2 is 2.21 bits per heavy atom. The van der Waals surface area contributed by atoms with Gasteiger partial charge in [-0.2, -0.15) is 10.4 Å². The van der Waals surface area contributed by atoms with Gasteiger partial charge in [0.2, 0.25) is 10.0 Å². The monoisotopic (exact) mass is 277 g/mol. The summed E-state index contributed by atoms with van der Waals surface area (Å²) < 4.78 is 26.5. The summed E-state index contributed by atoms with van der Waals surface area (Å²) in [6.45, 7) is 0.0670. The molecule has 1 aromatic heterocycles. The molecule has 1 heterocycles. The second-order valence-corrected chi connectivity index (χ2v) is 5.51. The van der Waals surface area contributed by atoms with Crippen molar-refractivity contribution >= 4 is 15.7 Å². The highest BCUT2D eigenvalue weighted by molar-refractivity contribution is 7.89. The van der Waals surface area contributed by atoms with Crippen LogP contribution in [0.3, 0.4) is 0 Å². The molecule has 8 heteroatoms. The van der Waals surface area contributed by atoms with Gasteiger partial charge in [-0.1, -0.05) is 0 Å². The molecular weight excluding hydrogens is 266 g/mol. The van der Waals surface area contributed by atoms with E-state index in [1.54, 1.807) is 6.07 Å². The lowest BCUT2D eigenvalue weighted by molar-refractivity contribution is 0.580. The number of nitrogens with zero attached hydrogens (tertiary/aromatic N) is 2. The molecule has 0 bridgehead atoms. The average Bonchev–Trinajstić information content (AvgIpc) is 2.89. The number of aromatic amines is 1. The zero-order valence-electron chi connectivity index (χ0n) is 9.79. The van der Waals surface area contributed by atoms with Crippen molar-refractivity contribution in [3.63, 3.8) is 0 Å². The van der Waals surface area contributed by atoms with Gasteiger partial charge in [0, 0.05) is 11.9 Å². The van der Waals surface area contributed by atoms with Gasteiger partial charge in [0.15, 0.2) is 0 Å². The molecule has 7 nitrogen and oxygen atoms in total. The van der Waals surface area contributed by atoms with E-state index in [-0.39, 0.29) is 17.0 Å². The van der Waals surface area contributed by atoms with Gasteiger partial charge in [-0.05, 0) is 24.3 Å². The molecule has 0 spiro atoms. The number of nitrogens with two attached hydrogens (primary N) is 1. The van der Waals surface area contributed by atoms with Crippen LogP contribution in [-0.4, -0.2) is 18.6 Å². The molecular formula is C11H11N5O2S. The lowest BCUT2D eigenvalue weighted by Gasteiger charge is -2.07. The van der Waals surface area contributed by atoms with Gasteiger partial charge in [-0.3, -0.25) is 5.10 Å². The smallest absolute Gasteiger partial charge is 0.242 e. The van der Waals surface area contributed by atoms with Crippen molar-refractivity contribution in [1.82, 2.24) is 14.9 Å². The molecule has 0 amide bonds. The third-order valence-electron chi connectivity index (χ3n) is 2.42. The number of sulfonamides is 1. The first-order valence-corrected chi connectivity index (χ1v) is 6.79. The molecule has 0 saturated carbocycles. The number of hydrogen-bond donors (Lipinski definition) is 3. The van der Waals surface area contributed by atoms with Crippen LogP contribution in [0.1, 0.15) is 11.3 Å². The number of benzene rings is 1. The van der Waals surface area contributed by atoms with Crippen LogP contribution in [0.2, 0.25) is 0 Å². The molecule has 2 rings (SSSR count). The second kappa shape index (κ2) is 5.09. The number of nitrogens with one attached hydrogen (secondary N) is 2. The molecule has 0 fully saturated rings. The first kappa shape index (κ1) is 13.1. The van der Waals surface area contributed by atoms with E-state index in [0.29, 0.717) is 11.4 Å². The molecule has 0 aliphatic carbocycles. The fourth-order valence-electron chi connectivity index (χ4n) is 1.50. The van der Waals surface area contributed by atoms with Crippen molar-refractivity contribution in [2.24, 2.45) is 0 Å². The first-order valence-electron chi connectivity index (χ1n) is 5.30. The van der Waals surface area contributed by atoms with Gasteiger partial charge in [0.25, 0.3) is 0 Å². The van der Waals surface area contributed by atoms with Crippen molar-refractivity contribution in [1.29, 1.82) is 5.26 Å². The summed E-state index contributed by atoms with van der Waals surface area (Å²) in [6, 6.07) is 7.53. The summed E-state index contributed by atoms with van der Waals surface area (Å²) in [5, 5.41) is 15.3. The Labute approximate surface area is 110 Å². The van der Waals surface area contributed by atoms with Gasteiger partial charge in [0.05, 0.1) is 22.7 Å². The lowest BCUT2D eigenvalue weighted by Crippen LogP contribution is -2.24. The van der Waals surface area contributed by atoms with E-state index in [0.717, 1.165) is 0 Å². The highest BCUT2D eigenvalue weighted by Gasteiger charge is 2.18. The van der Waals surface area contributed by atoms with E-state index in [4.69, 9.17) is 11.0 Å². The Hall–Kier alpha value is -2.37. The van der Waals surface area contributed by atoms with E-state index in [1.807, 2.05) is 6.07 Å². The van der Waals surface area contributed by atoms with Gasteiger partial charge in [-0.25, -0.2) is 13.1 Å². The molecule has 0 aliphatic heterocycles. The van der Waals surface area contributed by atoms with E-state index < -0.39 is 10.0 Å². The maximum Gasteiger partial charge on any atom is 0.242 e. The quantitative estimate of drug-likeness (QED) is 0.695. The normalized spacial score (nSPS) is 11.1. The number of nitriles is 1. The minimum Gasteiger partial charge on any atom is -0.399 e. The second-order valence-electron chi connectivity index (χ2n) is 3.77. The fraction of sp³-hybridized carbons (Fsp3) is 0.0909. The Morgan fingerprint density at radius 3 is 2.84 bits per heavy atom. The van der Waals surface area contributed by atoms with E-state index in [2.05, 4.69) is 14.9 Å². The van der Waals surface area contributed by atoms with Gasteiger partial charge >= 0.3 is 0 Å². The van der Waals surface area contributed by atoms with Crippen LogP contribution in [0.4, 0.5) is 5.69 Å². The number of hydrogen-bond acceptors (Lipinski definition) is 5. The highest BCUT2D eigenvalue weighted by atomic mass is 32.2. The highest BCUT2D eigenvalue weighted by Crippen LogP contribution is 2.18. The van der Waals surface area contributed by atoms with Crippen LogP contribution < -0.4 is 10.5 Å². The van der Waals surface area contributed by atoms with Gasteiger partial charge in [0.1, 0.15) is 6.07 Å². The molecule has 0 atom stereocenters. The zero-order valence-corrected chi connectivity index (χ0v) is 10.6. The maximum absolute atomic E-state index is 12.1. The number of rotatable bonds is 4. The summed E-state index contributed by atoms with van der Waals surface area (Å²) in [5.74, 6) is 0. The molecule has 4 N–H and O–H groups in total. The molecule has 0 aliphatic rings. The van der Waals surface area contributed by atoms with Crippen molar-refractivity contribution in [2.45, 2.75) is 11.4 Å². The Balaban J connectivity index is 2.27. The fourth-order valence-corrected chi connectivity index (χ4v) is 2.65. The Morgan fingerprint density at radius 1 is 1.42 bits per heavy atom. The minimum atomic E-state index is -3.77. The van der Waals surface area contributed by atoms with Gasteiger partial charge < -0.3 is 5.73 Å². The van der Waals surface area contributed by atoms with Gasteiger partial charge in [-0.15, -0.1) is 0 Å². The molecule has 0 unspecified atom stereocenters. The average molecular weight is 277 g/mol. The third-order valence-corrected chi connectivity index (χ3v) is 3.88. The molecule has 0 radical (unpaired) electrons. The summed E-state index contributed by atoms with van der Waals surface area (Å²) in [4.78, 5) is -0.0938. The van der Waals surface area contributed by atoms with Crippen molar-refractivity contribution in [3.8, 4) is 6.07 Å². The summed E-state index contributed by atoms with van der Waals surface area (Å²) in [7, 11) is -3.77. The molecule has 0 saturated heterocycles. The Kier molecular flexibility index (Phi) is 3.50. The number of aromatic nitrogens is 2. The lowest BCUT2D eigenvalue weighted by atomic mass is 10.2. The summed E-state index contributed by atoms with van der Waals surface area (Å²) >= 11 is 0. The topological polar surface area (TPSA) is 125 Å². The SMILES string of the molecule is N#Cc1cc(N)ccc1S(=O)(=O)NCc1ccn[nH]1. The summed E-state index contributed by atoms with van der Waals surface area (Å²) in [6.07, 6.45) is 1.52. The van der Waals surface area contributed by atoms with Crippen LogP contribution in [0, 0.1) is 11.3 Å². The van der Waals surface area contributed by atoms with Crippen molar-refractivity contribution in [3.05, 3.63) is 41.7 Å². The molecule has 2 aromatic rings. The minimum absolute atomic E-state index is 0.0112. The van der Waals surface area contributed by atoms with Crippen LogP contribution >= 0.6 is 0 Å². The molecule has 19 heavy (non-hydrogen) atoms. The number of anilines is 1. The maximum atomic E-state index is 12.1. The predicted molar refractivity (Wildman–Crippen MR) is 68.2 cm³/mol. The van der Waals surface area contributed by atoms with Crippen LogP contribution in [-0.2, 0) is 16.6 Å². The summed E-state index contributed by atoms with van der Waals surface area (Å²) in [5.41, 5.74) is 6.49. The van der Waals surface area contributed by atoms with Crippen LogP contribution in [0.15, 0.2) is 35.4 Å². The van der Waals surface area contributed by atoms with Crippen molar-refractivity contribution < 1.29 is 8.42 Å². The third kappa shape index (κ3) is 2.90. The van der Waals surface area contributed by atoms with Crippen molar-refractivity contribution in [2.75, 3.05) is 5.73 Å². The van der Waals surface area contributed by atoms with Crippen LogP contribution in [0.5, 0.6) is 0 Å². The number of nitrogen functional groups attached to an aromatic ring is 1. The molecule has 1 aromatic carbocycles. The van der Waals surface area contributed by atoms with Crippen LogP contribution in [0.25, 0.3) is 0 Å². The number of H-pyrrole nitrogens is 1. The predicted octanol–water partition coefficient (Wildman–Crippen LogP) is 0.342. The van der Waals surface area contributed by atoms with E-state index >= 15 is 0 Å². The van der Waals surface area contributed by atoms with E-state index in [9.17, 15) is 8.42 Å². The zero-order chi connectivity index (χ0) is 13.9. The first-order chi connectivity index (χ1) is 9.03. The van der Waals surface area contributed by atoms with E-state index in [1.165, 1.54) is 24.4 Å².